The number of aryl methyl sites for hydroxylation is 1. The van der Waals surface area contributed by atoms with Crippen molar-refractivity contribution in [2.24, 2.45) is 5.10 Å². The molecular weight excluding hydrogens is 444 g/mol. The maximum absolute atomic E-state index is 12.2. The Hall–Kier alpha value is -2.83. The second-order valence-corrected chi connectivity index (χ2v) is 7.47. The Labute approximate surface area is 174 Å². The summed E-state index contributed by atoms with van der Waals surface area (Å²) in [4.78, 5) is 12.2. The minimum atomic E-state index is -0.461. The van der Waals surface area contributed by atoms with E-state index >= 15 is 0 Å². The molecule has 1 N–H and O–H groups in total. The van der Waals surface area contributed by atoms with Crippen molar-refractivity contribution < 1.29 is 13.6 Å². The normalized spacial score (nSPS) is 11.4. The molecule has 2 heterocycles. The first-order chi connectivity index (χ1) is 13.5. The molecule has 0 atom stereocenters. The van der Waals surface area contributed by atoms with Crippen LogP contribution >= 0.6 is 27.5 Å². The SMILES string of the molecule is Cc1ccc(-c2ccc(/C=N\NC(=O)c3cc4cc(Cl)ccc4o3)o2)c(Br)c1. The van der Waals surface area contributed by atoms with E-state index in [9.17, 15) is 4.79 Å². The second-order valence-electron chi connectivity index (χ2n) is 6.18. The molecule has 0 radical (unpaired) electrons. The van der Waals surface area contributed by atoms with Crippen LogP contribution in [-0.4, -0.2) is 12.1 Å². The number of nitrogens with one attached hydrogen (secondary N) is 1. The van der Waals surface area contributed by atoms with Crippen molar-refractivity contribution in [1.29, 1.82) is 0 Å². The Balaban J connectivity index is 1.45. The fourth-order valence-corrected chi connectivity index (χ4v) is 3.59. The maximum Gasteiger partial charge on any atom is 0.307 e. The van der Waals surface area contributed by atoms with Gasteiger partial charge in [0.15, 0.2) is 5.76 Å². The number of nitrogens with zero attached hydrogens (tertiary/aromatic N) is 1. The third-order valence-electron chi connectivity index (χ3n) is 4.08. The molecule has 2 aromatic heterocycles. The number of furan rings is 2. The van der Waals surface area contributed by atoms with Crippen LogP contribution in [0.5, 0.6) is 0 Å². The van der Waals surface area contributed by atoms with Gasteiger partial charge in [0.05, 0.1) is 6.21 Å². The molecule has 1 amide bonds. The summed E-state index contributed by atoms with van der Waals surface area (Å²) in [7, 11) is 0. The van der Waals surface area contributed by atoms with E-state index in [-0.39, 0.29) is 5.76 Å². The zero-order chi connectivity index (χ0) is 19.7. The summed E-state index contributed by atoms with van der Waals surface area (Å²) >= 11 is 9.48. The van der Waals surface area contributed by atoms with Crippen LogP contribution in [0.15, 0.2) is 73.0 Å². The summed E-state index contributed by atoms with van der Waals surface area (Å²) in [5, 5.41) is 5.26. The molecule has 2 aromatic carbocycles. The summed E-state index contributed by atoms with van der Waals surface area (Å²) in [6.07, 6.45) is 1.43. The van der Waals surface area contributed by atoms with E-state index in [0.29, 0.717) is 22.1 Å². The molecule has 28 heavy (non-hydrogen) atoms. The predicted molar refractivity (Wildman–Crippen MR) is 113 cm³/mol. The fraction of sp³-hybridized carbons (Fsp3) is 0.0476. The molecule has 140 valence electrons. The molecular formula is C21H14BrClN2O3. The van der Waals surface area contributed by atoms with E-state index in [0.717, 1.165) is 21.0 Å². The van der Waals surface area contributed by atoms with Gasteiger partial charge in [0.2, 0.25) is 0 Å². The number of halogens is 2. The van der Waals surface area contributed by atoms with Crippen molar-refractivity contribution in [1.82, 2.24) is 5.43 Å². The number of hydrogen-bond acceptors (Lipinski definition) is 4. The first kappa shape index (κ1) is 18.5. The summed E-state index contributed by atoms with van der Waals surface area (Å²) in [5.41, 5.74) is 5.10. The lowest BCUT2D eigenvalue weighted by molar-refractivity contribution is 0.0929. The molecule has 4 rings (SSSR count). The van der Waals surface area contributed by atoms with Crippen molar-refractivity contribution in [3.63, 3.8) is 0 Å². The highest BCUT2D eigenvalue weighted by Crippen LogP contribution is 2.30. The van der Waals surface area contributed by atoms with Crippen LogP contribution in [-0.2, 0) is 0 Å². The van der Waals surface area contributed by atoms with E-state index in [1.54, 1.807) is 30.3 Å². The molecule has 0 spiro atoms. The van der Waals surface area contributed by atoms with Gasteiger partial charge in [-0.15, -0.1) is 0 Å². The molecule has 4 aromatic rings. The van der Waals surface area contributed by atoms with Crippen molar-refractivity contribution in [2.45, 2.75) is 6.92 Å². The van der Waals surface area contributed by atoms with Crippen LogP contribution in [0, 0.1) is 6.92 Å². The van der Waals surface area contributed by atoms with E-state index < -0.39 is 5.91 Å². The van der Waals surface area contributed by atoms with Gasteiger partial charge in [-0.2, -0.15) is 5.10 Å². The molecule has 0 unspecified atom stereocenters. The molecule has 0 aliphatic rings. The number of hydrazone groups is 1. The van der Waals surface area contributed by atoms with Crippen LogP contribution < -0.4 is 5.43 Å². The van der Waals surface area contributed by atoms with E-state index in [2.05, 4.69) is 26.5 Å². The lowest BCUT2D eigenvalue weighted by Gasteiger charge is -2.01. The summed E-state index contributed by atoms with van der Waals surface area (Å²) in [5.74, 6) is 0.905. The third kappa shape index (κ3) is 3.88. The average Bonchev–Trinajstić information content (AvgIpc) is 3.28. The van der Waals surface area contributed by atoms with Gasteiger partial charge < -0.3 is 8.83 Å². The topological polar surface area (TPSA) is 67.7 Å². The second kappa shape index (κ2) is 7.66. The van der Waals surface area contributed by atoms with Crippen LogP contribution in [0.3, 0.4) is 0 Å². The monoisotopic (exact) mass is 456 g/mol. The van der Waals surface area contributed by atoms with E-state index in [1.807, 2.05) is 31.2 Å². The minimum absolute atomic E-state index is 0.151. The average molecular weight is 458 g/mol. The first-order valence-electron chi connectivity index (χ1n) is 8.38. The maximum atomic E-state index is 12.2. The Bertz CT molecular complexity index is 1210. The zero-order valence-corrected chi connectivity index (χ0v) is 17.0. The largest absolute Gasteiger partial charge is 0.455 e. The standard InChI is InChI=1S/C21H14BrClN2O3/c1-12-2-5-16(17(22)8-12)19-7-4-15(27-19)11-24-25-21(26)20-10-13-9-14(23)3-6-18(13)28-20/h2-11H,1H3,(H,25,26)/b24-11-. The minimum Gasteiger partial charge on any atom is -0.455 e. The molecule has 0 aliphatic carbocycles. The Kier molecular flexibility index (Phi) is 5.07. The predicted octanol–water partition coefficient (Wildman–Crippen LogP) is 6.18. The number of benzene rings is 2. The highest BCUT2D eigenvalue weighted by atomic mass is 79.9. The van der Waals surface area contributed by atoms with Crippen LogP contribution in [0.1, 0.15) is 21.9 Å². The molecule has 0 bridgehead atoms. The lowest BCUT2D eigenvalue weighted by Crippen LogP contribution is -2.16. The quantitative estimate of drug-likeness (QED) is 0.294. The highest BCUT2D eigenvalue weighted by Gasteiger charge is 2.12. The van der Waals surface area contributed by atoms with Gasteiger partial charge >= 0.3 is 5.91 Å². The molecule has 0 saturated carbocycles. The van der Waals surface area contributed by atoms with Crippen molar-refractivity contribution in [2.75, 3.05) is 0 Å². The van der Waals surface area contributed by atoms with Gasteiger partial charge in [-0.25, -0.2) is 5.43 Å². The van der Waals surface area contributed by atoms with Crippen molar-refractivity contribution >= 4 is 50.6 Å². The smallest absolute Gasteiger partial charge is 0.307 e. The Morgan fingerprint density at radius 3 is 2.79 bits per heavy atom. The molecule has 0 aliphatic heterocycles. The Morgan fingerprint density at radius 1 is 1.11 bits per heavy atom. The fourth-order valence-electron chi connectivity index (χ4n) is 2.72. The van der Waals surface area contributed by atoms with E-state index in [1.165, 1.54) is 6.21 Å². The molecule has 0 fully saturated rings. The van der Waals surface area contributed by atoms with Gasteiger partial charge in [0.1, 0.15) is 17.1 Å². The summed E-state index contributed by atoms with van der Waals surface area (Å²) in [6.45, 7) is 2.02. The lowest BCUT2D eigenvalue weighted by atomic mass is 10.1. The van der Waals surface area contributed by atoms with Crippen LogP contribution in [0.4, 0.5) is 0 Å². The van der Waals surface area contributed by atoms with Gasteiger partial charge in [-0.1, -0.05) is 33.6 Å². The molecule has 0 saturated heterocycles. The van der Waals surface area contributed by atoms with Gasteiger partial charge in [-0.3, -0.25) is 4.79 Å². The van der Waals surface area contributed by atoms with Crippen LogP contribution in [0.2, 0.25) is 5.02 Å². The number of hydrogen-bond donors (Lipinski definition) is 1. The van der Waals surface area contributed by atoms with Gasteiger partial charge in [-0.05, 0) is 61.0 Å². The van der Waals surface area contributed by atoms with Gasteiger partial charge in [0.25, 0.3) is 0 Å². The Morgan fingerprint density at radius 2 is 1.96 bits per heavy atom. The number of carbonyl (C=O) groups is 1. The number of carbonyl (C=O) groups excluding carboxylic acids is 1. The van der Waals surface area contributed by atoms with Crippen molar-refractivity contribution in [3.8, 4) is 11.3 Å². The van der Waals surface area contributed by atoms with Crippen molar-refractivity contribution in [3.05, 3.63) is 81.2 Å². The number of rotatable bonds is 4. The number of fused-ring (bicyclic) bond motifs is 1. The highest BCUT2D eigenvalue weighted by molar-refractivity contribution is 9.10. The van der Waals surface area contributed by atoms with Gasteiger partial charge in [0, 0.05) is 20.4 Å². The molecule has 5 nitrogen and oxygen atoms in total. The third-order valence-corrected chi connectivity index (χ3v) is 4.97. The van der Waals surface area contributed by atoms with E-state index in [4.69, 9.17) is 20.4 Å². The first-order valence-corrected chi connectivity index (χ1v) is 9.55. The zero-order valence-electron chi connectivity index (χ0n) is 14.7. The summed E-state index contributed by atoms with van der Waals surface area (Å²) < 4.78 is 12.2. The number of amides is 1. The van der Waals surface area contributed by atoms with Crippen LogP contribution in [0.25, 0.3) is 22.3 Å². The molecule has 7 heteroatoms. The summed E-state index contributed by atoms with van der Waals surface area (Å²) in [6, 6.07) is 16.4.